The Kier molecular flexibility index (Phi) is 6.17. The van der Waals surface area contributed by atoms with E-state index in [4.69, 9.17) is 11.0 Å². The number of benzene rings is 1. The summed E-state index contributed by atoms with van der Waals surface area (Å²) >= 11 is 0. The number of hydrogen-bond donors (Lipinski definition) is 1. The van der Waals surface area contributed by atoms with Crippen molar-refractivity contribution in [2.75, 3.05) is 18.8 Å². The summed E-state index contributed by atoms with van der Waals surface area (Å²) in [6.07, 6.45) is 8.19. The Morgan fingerprint density at radius 2 is 1.93 bits per heavy atom. The van der Waals surface area contributed by atoms with Gasteiger partial charge in [0.2, 0.25) is 0 Å². The summed E-state index contributed by atoms with van der Waals surface area (Å²) in [4.78, 5) is 9.89. The van der Waals surface area contributed by atoms with Crippen molar-refractivity contribution in [2.24, 2.45) is 0 Å². The van der Waals surface area contributed by atoms with Crippen molar-refractivity contribution in [1.29, 1.82) is 5.26 Å². The van der Waals surface area contributed by atoms with Gasteiger partial charge in [0.15, 0.2) is 0 Å². The number of nitrogen functional groups attached to an aromatic ring is 1. The van der Waals surface area contributed by atoms with Crippen LogP contribution in [0.1, 0.15) is 50.5 Å². The smallest absolute Gasteiger partial charge is 0.260 e. The largest absolute Gasteiger partial charge is 0.383 e. The predicted molar refractivity (Wildman–Crippen MR) is 101 cm³/mol. The zero-order valence-electron chi connectivity index (χ0n) is 15.4. The normalized spacial score (nSPS) is 20.5. The maximum absolute atomic E-state index is 13.2. The maximum Gasteiger partial charge on any atom is 0.260 e. The van der Waals surface area contributed by atoms with Crippen LogP contribution in [0.15, 0.2) is 24.5 Å². The molecular formula is C20H25F2N5. The van der Waals surface area contributed by atoms with Gasteiger partial charge >= 0.3 is 0 Å². The van der Waals surface area contributed by atoms with Crippen LogP contribution < -0.4 is 5.73 Å². The molecular weight excluding hydrogens is 348 g/mol. The highest BCUT2D eigenvalue weighted by molar-refractivity contribution is 5.88. The third-order valence-electron chi connectivity index (χ3n) is 5.31. The summed E-state index contributed by atoms with van der Waals surface area (Å²) in [6, 6.07) is 7.63. The van der Waals surface area contributed by atoms with E-state index in [1.807, 2.05) is 11.0 Å². The number of nitriles is 1. The Bertz CT molecular complexity index is 812. The van der Waals surface area contributed by atoms with E-state index in [1.54, 1.807) is 18.2 Å². The number of alkyl halides is 2. The molecule has 0 amide bonds. The zero-order valence-corrected chi connectivity index (χ0v) is 15.4. The Morgan fingerprint density at radius 1 is 1.15 bits per heavy atom. The average molecular weight is 373 g/mol. The molecule has 27 heavy (non-hydrogen) atoms. The minimum Gasteiger partial charge on any atom is -0.383 e. The highest BCUT2D eigenvalue weighted by Gasteiger charge is 2.37. The topological polar surface area (TPSA) is 78.8 Å². The number of anilines is 1. The van der Waals surface area contributed by atoms with Gasteiger partial charge in [0.1, 0.15) is 12.1 Å². The molecule has 1 aromatic heterocycles. The summed E-state index contributed by atoms with van der Waals surface area (Å²) in [7, 11) is 0. The molecule has 0 radical (unpaired) electrons. The van der Waals surface area contributed by atoms with Gasteiger partial charge in [0.05, 0.1) is 23.7 Å². The van der Waals surface area contributed by atoms with E-state index in [9.17, 15) is 8.78 Å². The first-order chi connectivity index (χ1) is 13.0. The Balaban J connectivity index is 0.000000156. The Hall–Kier alpha value is -2.33. The van der Waals surface area contributed by atoms with Crippen molar-refractivity contribution >= 4 is 16.7 Å². The molecule has 0 bridgehead atoms. The second kappa shape index (κ2) is 8.57. The number of nitrogens with two attached hydrogens (primary N) is 1. The molecule has 1 saturated heterocycles. The Morgan fingerprint density at radius 3 is 2.63 bits per heavy atom. The summed E-state index contributed by atoms with van der Waals surface area (Å²) in [5, 5.41) is 9.38. The van der Waals surface area contributed by atoms with Crippen LogP contribution in [-0.4, -0.2) is 39.9 Å². The number of nitrogens with zero attached hydrogens (tertiary/aromatic N) is 4. The van der Waals surface area contributed by atoms with E-state index >= 15 is 0 Å². The molecule has 5 nitrogen and oxygen atoms in total. The number of fused-ring (bicyclic) bond motifs is 1. The van der Waals surface area contributed by atoms with Crippen molar-refractivity contribution < 1.29 is 8.78 Å². The molecule has 1 saturated carbocycles. The standard InChI is InChI=1S/C11H19F2N.C9H6N4/c12-11(13)7-4-8-14(9-11)10-5-2-1-3-6-10;10-4-6-1-2-8-7(3-6)9(11)13-5-12-8/h10H,1-9H2;1-3,5H,(H2,11,12,13). The van der Waals surface area contributed by atoms with Crippen LogP contribution in [-0.2, 0) is 0 Å². The SMILES string of the molecule is FC1(F)CCCN(C2CCCCC2)C1.N#Cc1ccc2ncnc(N)c2c1. The van der Waals surface area contributed by atoms with Crippen molar-refractivity contribution in [1.82, 2.24) is 14.9 Å². The number of halogens is 2. The molecule has 7 heteroatoms. The van der Waals surface area contributed by atoms with Crippen LogP contribution in [0.25, 0.3) is 10.9 Å². The fraction of sp³-hybridized carbons (Fsp3) is 0.550. The molecule has 2 N–H and O–H groups in total. The number of hydrogen-bond acceptors (Lipinski definition) is 5. The minimum atomic E-state index is -2.42. The van der Waals surface area contributed by atoms with E-state index in [-0.39, 0.29) is 13.0 Å². The van der Waals surface area contributed by atoms with Crippen molar-refractivity contribution in [3.8, 4) is 6.07 Å². The number of aromatic nitrogens is 2. The molecule has 144 valence electrons. The lowest BCUT2D eigenvalue weighted by Crippen LogP contribution is -2.48. The molecule has 2 aromatic rings. The lowest BCUT2D eigenvalue weighted by atomic mass is 9.92. The summed E-state index contributed by atoms with van der Waals surface area (Å²) in [5.41, 5.74) is 6.94. The highest BCUT2D eigenvalue weighted by Crippen LogP contribution is 2.31. The lowest BCUT2D eigenvalue weighted by molar-refractivity contribution is -0.0783. The molecule has 1 aliphatic carbocycles. The van der Waals surface area contributed by atoms with E-state index in [2.05, 4.69) is 9.97 Å². The predicted octanol–water partition coefficient (Wildman–Crippen LogP) is 4.13. The van der Waals surface area contributed by atoms with Crippen LogP contribution in [0, 0.1) is 11.3 Å². The van der Waals surface area contributed by atoms with Gasteiger partial charge in [-0.05, 0) is 44.0 Å². The molecule has 0 atom stereocenters. The lowest BCUT2D eigenvalue weighted by Gasteiger charge is -2.39. The van der Waals surface area contributed by atoms with Gasteiger partial charge in [-0.25, -0.2) is 18.7 Å². The van der Waals surface area contributed by atoms with E-state index < -0.39 is 5.92 Å². The molecule has 1 aromatic carbocycles. The quantitative estimate of drug-likeness (QED) is 0.813. The Labute approximate surface area is 158 Å². The number of likely N-dealkylation sites (tertiary alicyclic amines) is 1. The van der Waals surface area contributed by atoms with Crippen LogP contribution in [0.3, 0.4) is 0 Å². The number of piperidine rings is 1. The monoisotopic (exact) mass is 373 g/mol. The van der Waals surface area contributed by atoms with E-state index in [0.29, 0.717) is 23.8 Å². The summed E-state index contributed by atoms with van der Waals surface area (Å²) in [5.74, 6) is -2.02. The van der Waals surface area contributed by atoms with Crippen molar-refractivity contribution in [3.05, 3.63) is 30.1 Å². The van der Waals surface area contributed by atoms with Crippen molar-refractivity contribution in [3.63, 3.8) is 0 Å². The summed E-state index contributed by atoms with van der Waals surface area (Å²) in [6.45, 7) is 0.901. The van der Waals surface area contributed by atoms with E-state index in [1.165, 1.54) is 25.6 Å². The number of rotatable bonds is 1. The highest BCUT2D eigenvalue weighted by atomic mass is 19.3. The third-order valence-corrected chi connectivity index (χ3v) is 5.31. The fourth-order valence-electron chi connectivity index (χ4n) is 3.90. The molecule has 1 aliphatic heterocycles. The minimum absolute atomic E-state index is 0.0116. The first-order valence-electron chi connectivity index (χ1n) is 9.51. The van der Waals surface area contributed by atoms with Crippen LogP contribution in [0.5, 0.6) is 0 Å². The maximum atomic E-state index is 13.2. The zero-order chi connectivity index (χ0) is 19.3. The van der Waals surface area contributed by atoms with Gasteiger partial charge in [0.25, 0.3) is 5.92 Å². The molecule has 0 unspecified atom stereocenters. The third kappa shape index (κ3) is 5.10. The van der Waals surface area contributed by atoms with Gasteiger partial charge < -0.3 is 5.73 Å². The van der Waals surface area contributed by atoms with Crippen LogP contribution >= 0.6 is 0 Å². The average Bonchev–Trinajstić information content (AvgIpc) is 2.68. The second-order valence-electron chi connectivity index (χ2n) is 7.32. The van der Waals surface area contributed by atoms with Crippen molar-refractivity contribution in [2.45, 2.75) is 56.9 Å². The first-order valence-corrected chi connectivity index (χ1v) is 9.51. The molecule has 2 aliphatic rings. The molecule has 0 spiro atoms. The molecule has 4 rings (SSSR count). The molecule has 2 fully saturated rings. The van der Waals surface area contributed by atoms with Gasteiger partial charge in [-0.15, -0.1) is 0 Å². The van der Waals surface area contributed by atoms with Crippen LogP contribution in [0.2, 0.25) is 0 Å². The summed E-state index contributed by atoms with van der Waals surface area (Å²) < 4.78 is 26.3. The van der Waals surface area contributed by atoms with E-state index in [0.717, 1.165) is 30.3 Å². The molecule has 2 heterocycles. The fourth-order valence-corrected chi connectivity index (χ4v) is 3.90. The van der Waals surface area contributed by atoms with Crippen LogP contribution in [0.4, 0.5) is 14.6 Å². The second-order valence-corrected chi connectivity index (χ2v) is 7.32. The van der Waals surface area contributed by atoms with Gasteiger partial charge in [-0.2, -0.15) is 5.26 Å². The first kappa shape index (κ1) is 19.4. The van der Waals surface area contributed by atoms with Gasteiger partial charge in [-0.3, -0.25) is 4.90 Å². The van der Waals surface area contributed by atoms with Gasteiger partial charge in [-0.1, -0.05) is 19.3 Å². The van der Waals surface area contributed by atoms with Gasteiger partial charge in [0, 0.05) is 17.8 Å².